The van der Waals surface area contributed by atoms with Crippen LogP contribution in [0.5, 0.6) is 0 Å². The van der Waals surface area contributed by atoms with Gasteiger partial charge in [0.05, 0.1) is 0 Å². The molecule has 1 aliphatic rings. The van der Waals surface area contributed by atoms with E-state index in [0.717, 1.165) is 12.8 Å². The van der Waals surface area contributed by atoms with Gasteiger partial charge in [-0.3, -0.25) is 6.08 Å². The van der Waals surface area contributed by atoms with E-state index in [4.69, 9.17) is 0 Å². The zero-order chi connectivity index (χ0) is 11.2. The number of methoxy groups -OCH3 is 2. The van der Waals surface area contributed by atoms with Crippen molar-refractivity contribution in [2.75, 3.05) is 14.2 Å². The van der Waals surface area contributed by atoms with Gasteiger partial charge in [0, 0.05) is 40.1 Å². The number of ether oxygens (including phenoxy) is 2. The standard InChI is InChI=1S/C5H5.C4H10O2.C3H7.3ClH.Hf/c1-2-4-5-3-1;1-4(5-2)6-3;1-3-2;;;;/h1-3H,4H2;4H,1-3H3;1,3H2,2H3;3*1H;/q-1;;-1;;;;/p-3. The van der Waals surface area contributed by atoms with E-state index in [2.05, 4.69) is 28.5 Å². The predicted octanol–water partition coefficient (Wildman–Crippen LogP) is -5.83. The molecule has 6 heteroatoms. The zero-order valence-corrected chi connectivity index (χ0v) is 17.2. The average molecular weight is 483 g/mol. The molecule has 0 saturated heterocycles. The Morgan fingerprint density at radius 3 is 1.67 bits per heavy atom. The Kier molecular flexibility index (Phi) is 73.3. The molecule has 0 atom stereocenters. The molecule has 1 aliphatic carbocycles. The fraction of sp³-hybridized carbons (Fsp3) is 0.583. The van der Waals surface area contributed by atoms with Crippen LogP contribution in [0.2, 0.25) is 0 Å². The number of hydrogen-bond acceptors (Lipinski definition) is 2. The third-order valence-electron chi connectivity index (χ3n) is 1.25. The molecule has 0 radical (unpaired) electrons. The summed E-state index contributed by atoms with van der Waals surface area (Å²) < 4.78 is 9.35. The van der Waals surface area contributed by atoms with Gasteiger partial charge >= 0.3 is 0 Å². The second-order valence-electron chi connectivity index (χ2n) is 2.54. The number of rotatable bonds is 2. The summed E-state index contributed by atoms with van der Waals surface area (Å²) in [4.78, 5) is 0. The van der Waals surface area contributed by atoms with Crippen molar-refractivity contribution >= 4 is 0 Å². The molecule has 0 saturated carbocycles. The van der Waals surface area contributed by atoms with E-state index in [1.807, 2.05) is 26.0 Å². The van der Waals surface area contributed by atoms with Crippen LogP contribution in [-0.4, -0.2) is 20.5 Å². The van der Waals surface area contributed by atoms with Crippen LogP contribution in [-0.2, 0) is 35.3 Å². The quantitative estimate of drug-likeness (QED) is 0.222. The molecule has 2 nitrogen and oxygen atoms in total. The minimum atomic E-state index is -0.0648. The molecule has 1 rings (SSSR count). The van der Waals surface area contributed by atoms with Crippen LogP contribution < -0.4 is 37.2 Å². The van der Waals surface area contributed by atoms with Gasteiger partial charge in [0.15, 0.2) is 6.29 Å². The topological polar surface area (TPSA) is 18.5 Å². The first kappa shape index (κ1) is 36.5. The van der Waals surface area contributed by atoms with Crippen molar-refractivity contribution < 1.29 is 72.5 Å². The van der Waals surface area contributed by atoms with Gasteiger partial charge < -0.3 is 53.6 Å². The third-order valence-corrected chi connectivity index (χ3v) is 1.25. The van der Waals surface area contributed by atoms with E-state index in [-0.39, 0.29) is 69.4 Å². The van der Waals surface area contributed by atoms with E-state index in [1.54, 1.807) is 14.2 Å². The Morgan fingerprint density at radius 1 is 1.22 bits per heavy atom. The minimum absolute atomic E-state index is 0. The monoisotopic (exact) mass is 483 g/mol. The van der Waals surface area contributed by atoms with Crippen molar-refractivity contribution in [2.45, 2.75) is 33.0 Å². The van der Waals surface area contributed by atoms with Crippen LogP contribution in [0.3, 0.4) is 0 Å². The first-order chi connectivity index (χ1) is 6.72. The van der Waals surface area contributed by atoms with E-state index in [0.29, 0.717) is 0 Å². The summed E-state index contributed by atoms with van der Waals surface area (Å²) in [5.41, 5.74) is 0. The van der Waals surface area contributed by atoms with Crippen molar-refractivity contribution in [2.24, 2.45) is 0 Å². The zero-order valence-electron chi connectivity index (χ0n) is 11.4. The van der Waals surface area contributed by atoms with Gasteiger partial charge in [-0.15, -0.1) is 6.42 Å². The number of allylic oxidation sites excluding steroid dienone is 4. The fourth-order valence-corrected chi connectivity index (χ4v) is 0.436. The Balaban J connectivity index is -0.0000000280. The summed E-state index contributed by atoms with van der Waals surface area (Å²) in [6.07, 6.45) is 10.9. The molecule has 0 amide bonds. The van der Waals surface area contributed by atoms with Crippen LogP contribution in [0.15, 0.2) is 18.2 Å². The smallest absolute Gasteiger partial charge is 0.154 e. The van der Waals surface area contributed by atoms with Gasteiger partial charge in [0.2, 0.25) is 0 Å². The van der Waals surface area contributed by atoms with Gasteiger partial charge in [-0.05, 0) is 6.92 Å². The maximum Gasteiger partial charge on any atom is 0.154 e. The van der Waals surface area contributed by atoms with Gasteiger partial charge in [0.25, 0.3) is 0 Å². The second-order valence-corrected chi connectivity index (χ2v) is 2.54. The molecule has 0 unspecified atom stereocenters. The SMILES string of the molecule is COC(C)OC.[C-]1=CC=CC1.[CH2-]CC.[Cl-].[Cl-].[Cl-].[Hf]. The third kappa shape index (κ3) is 43.4. The van der Waals surface area contributed by atoms with Gasteiger partial charge in [-0.25, -0.2) is 12.2 Å². The van der Waals surface area contributed by atoms with Gasteiger partial charge in [-0.2, -0.15) is 12.5 Å². The van der Waals surface area contributed by atoms with Crippen molar-refractivity contribution in [1.82, 2.24) is 0 Å². The van der Waals surface area contributed by atoms with Crippen molar-refractivity contribution in [3.05, 3.63) is 31.2 Å². The maximum atomic E-state index is 4.68. The first-order valence-corrected chi connectivity index (χ1v) is 4.79. The summed E-state index contributed by atoms with van der Waals surface area (Å²) in [7, 11) is 3.21. The fourth-order valence-electron chi connectivity index (χ4n) is 0.436. The molecule has 0 aromatic rings. The first-order valence-electron chi connectivity index (χ1n) is 4.79. The second kappa shape index (κ2) is 36.2. The normalized spacial score (nSPS) is 9.22. The molecule has 0 heterocycles. The average Bonchev–Trinajstić information content (AvgIpc) is 2.76. The molecule has 0 fully saturated rings. The summed E-state index contributed by atoms with van der Waals surface area (Å²) in [6.45, 7) is 7.33. The predicted molar refractivity (Wildman–Crippen MR) is 60.7 cm³/mol. The molecular formula is C12H22Cl3HfO2-5. The molecule has 0 N–H and O–H groups in total. The van der Waals surface area contributed by atoms with Crippen molar-refractivity contribution in [3.63, 3.8) is 0 Å². The van der Waals surface area contributed by atoms with Gasteiger partial charge in [-0.1, -0.05) is 6.92 Å². The molecule has 0 aliphatic heterocycles. The summed E-state index contributed by atoms with van der Waals surface area (Å²) in [6, 6.07) is 0. The van der Waals surface area contributed by atoms with Crippen molar-refractivity contribution in [3.8, 4) is 0 Å². The van der Waals surface area contributed by atoms with Crippen LogP contribution in [0, 0.1) is 13.0 Å². The van der Waals surface area contributed by atoms with Crippen molar-refractivity contribution in [1.29, 1.82) is 0 Å². The number of halogens is 3. The van der Waals surface area contributed by atoms with E-state index in [9.17, 15) is 0 Å². The molecule has 0 aromatic carbocycles. The molecule has 0 aromatic heterocycles. The van der Waals surface area contributed by atoms with Crippen LogP contribution in [0.4, 0.5) is 0 Å². The Labute approximate surface area is 150 Å². The van der Waals surface area contributed by atoms with Crippen LogP contribution in [0.25, 0.3) is 0 Å². The Hall–Kier alpha value is 1.14. The molecule has 112 valence electrons. The van der Waals surface area contributed by atoms with E-state index < -0.39 is 0 Å². The Bertz CT molecular complexity index is 142. The largest absolute Gasteiger partial charge is 1.00 e. The summed E-state index contributed by atoms with van der Waals surface area (Å²) in [5, 5.41) is 0. The number of hydrogen-bond donors (Lipinski definition) is 0. The minimum Gasteiger partial charge on any atom is -1.00 e. The van der Waals surface area contributed by atoms with Crippen LogP contribution in [0.1, 0.15) is 26.7 Å². The summed E-state index contributed by atoms with van der Waals surface area (Å²) >= 11 is 0. The summed E-state index contributed by atoms with van der Waals surface area (Å²) in [5.74, 6) is 0. The van der Waals surface area contributed by atoms with Crippen LogP contribution >= 0.6 is 0 Å². The molecule has 0 bridgehead atoms. The van der Waals surface area contributed by atoms with E-state index in [1.165, 1.54) is 0 Å². The van der Waals surface area contributed by atoms with Gasteiger partial charge in [0.1, 0.15) is 0 Å². The molecular weight excluding hydrogens is 461 g/mol. The van der Waals surface area contributed by atoms with E-state index >= 15 is 0 Å². The Morgan fingerprint density at radius 2 is 1.61 bits per heavy atom. The molecule has 18 heavy (non-hydrogen) atoms. The maximum absolute atomic E-state index is 4.68. The molecule has 0 spiro atoms.